The summed E-state index contributed by atoms with van der Waals surface area (Å²) in [5, 5.41) is 3.53. The zero-order valence-electron chi connectivity index (χ0n) is 10.5. The van der Waals surface area contributed by atoms with Gasteiger partial charge in [0.05, 0.1) is 0 Å². The van der Waals surface area contributed by atoms with Gasteiger partial charge in [0.15, 0.2) is 0 Å². The van der Waals surface area contributed by atoms with E-state index in [9.17, 15) is 4.39 Å². The Balaban J connectivity index is 2.03. The summed E-state index contributed by atoms with van der Waals surface area (Å²) in [5.41, 5.74) is 1.73. The molecule has 92 valence electrons. The molecule has 1 nitrogen and oxygen atoms in total. The van der Waals surface area contributed by atoms with Gasteiger partial charge in [-0.25, -0.2) is 4.39 Å². The number of halogens is 1. The van der Waals surface area contributed by atoms with Gasteiger partial charge in [-0.1, -0.05) is 24.3 Å². The zero-order valence-corrected chi connectivity index (χ0v) is 10.5. The monoisotopic (exact) mass is 233 g/mol. The molecule has 0 aromatic heterocycles. The van der Waals surface area contributed by atoms with Gasteiger partial charge in [-0.3, -0.25) is 0 Å². The molecular weight excluding hydrogens is 213 g/mol. The molecular formula is C15H20FN. The second-order valence-corrected chi connectivity index (χ2v) is 4.86. The molecule has 1 aromatic carbocycles. The van der Waals surface area contributed by atoms with Gasteiger partial charge >= 0.3 is 0 Å². The van der Waals surface area contributed by atoms with Crippen molar-refractivity contribution in [1.29, 1.82) is 0 Å². The maximum Gasteiger partial charge on any atom is 0.126 e. The van der Waals surface area contributed by atoms with Crippen molar-refractivity contribution in [3.8, 4) is 0 Å². The van der Waals surface area contributed by atoms with Crippen LogP contribution in [0.1, 0.15) is 43.4 Å². The summed E-state index contributed by atoms with van der Waals surface area (Å²) in [4.78, 5) is 0. The van der Waals surface area contributed by atoms with Crippen molar-refractivity contribution in [3.05, 3.63) is 47.3 Å². The average Bonchev–Trinajstić information content (AvgIpc) is 2.34. The van der Waals surface area contributed by atoms with E-state index in [0.717, 1.165) is 5.56 Å². The highest BCUT2D eigenvalue weighted by molar-refractivity contribution is 5.25. The predicted octanol–water partition coefficient (Wildman–Crippen LogP) is 3.89. The van der Waals surface area contributed by atoms with Crippen molar-refractivity contribution in [1.82, 2.24) is 5.32 Å². The Morgan fingerprint density at radius 2 is 2.24 bits per heavy atom. The maximum absolute atomic E-state index is 13.5. The number of benzene rings is 1. The first-order valence-electron chi connectivity index (χ1n) is 6.35. The van der Waals surface area contributed by atoms with Gasteiger partial charge < -0.3 is 5.32 Å². The maximum atomic E-state index is 13.5. The number of aryl methyl sites for hydroxylation is 1. The van der Waals surface area contributed by atoms with Gasteiger partial charge in [0, 0.05) is 12.1 Å². The third-order valence-corrected chi connectivity index (χ3v) is 3.41. The second-order valence-electron chi connectivity index (χ2n) is 4.86. The van der Waals surface area contributed by atoms with Crippen LogP contribution in [0.2, 0.25) is 0 Å². The first-order valence-corrected chi connectivity index (χ1v) is 6.35. The molecule has 1 aliphatic rings. The molecule has 0 radical (unpaired) electrons. The Morgan fingerprint density at radius 1 is 1.41 bits per heavy atom. The lowest BCUT2D eigenvalue weighted by atomic mass is 10.00. The summed E-state index contributed by atoms with van der Waals surface area (Å²) in [6.07, 6.45) is 8.05. The third kappa shape index (κ3) is 3.16. The summed E-state index contributed by atoms with van der Waals surface area (Å²) < 4.78 is 13.5. The van der Waals surface area contributed by atoms with Crippen LogP contribution in [0.3, 0.4) is 0 Å². The molecule has 1 N–H and O–H groups in total. The molecule has 2 unspecified atom stereocenters. The molecule has 2 heteroatoms. The lowest BCUT2D eigenvalue weighted by Crippen LogP contribution is -2.31. The molecule has 2 atom stereocenters. The van der Waals surface area contributed by atoms with Gasteiger partial charge in [-0.2, -0.15) is 0 Å². The van der Waals surface area contributed by atoms with Gasteiger partial charge in [-0.05, 0) is 50.3 Å². The molecule has 1 aliphatic carbocycles. The van der Waals surface area contributed by atoms with Gasteiger partial charge in [-0.15, -0.1) is 0 Å². The molecule has 0 amide bonds. The Bertz CT molecular complexity index is 411. The van der Waals surface area contributed by atoms with Crippen LogP contribution in [-0.4, -0.2) is 6.04 Å². The molecule has 0 spiro atoms. The number of allylic oxidation sites excluding steroid dienone is 1. The molecule has 0 saturated heterocycles. The molecule has 1 aromatic rings. The first kappa shape index (κ1) is 12.3. The summed E-state index contributed by atoms with van der Waals surface area (Å²) in [5.74, 6) is -0.115. The van der Waals surface area contributed by atoms with Crippen molar-refractivity contribution in [2.75, 3.05) is 0 Å². The van der Waals surface area contributed by atoms with E-state index in [1.807, 2.05) is 12.1 Å². The van der Waals surface area contributed by atoms with E-state index >= 15 is 0 Å². The van der Waals surface area contributed by atoms with E-state index in [-0.39, 0.29) is 11.9 Å². The minimum Gasteiger partial charge on any atom is -0.304 e. The van der Waals surface area contributed by atoms with Crippen molar-refractivity contribution >= 4 is 0 Å². The number of rotatable bonds is 3. The van der Waals surface area contributed by atoms with Crippen molar-refractivity contribution < 1.29 is 4.39 Å². The van der Waals surface area contributed by atoms with Crippen molar-refractivity contribution in [2.45, 2.75) is 45.2 Å². The summed E-state index contributed by atoms with van der Waals surface area (Å²) in [7, 11) is 0. The quantitative estimate of drug-likeness (QED) is 0.781. The van der Waals surface area contributed by atoms with Crippen LogP contribution in [0.25, 0.3) is 0 Å². The van der Waals surface area contributed by atoms with Gasteiger partial charge in [0.1, 0.15) is 5.82 Å². The second kappa shape index (κ2) is 5.46. The molecule has 2 rings (SSSR count). The molecule has 0 bridgehead atoms. The molecule has 0 heterocycles. The van der Waals surface area contributed by atoms with Crippen LogP contribution in [0.5, 0.6) is 0 Å². The molecule has 0 fully saturated rings. The highest BCUT2D eigenvalue weighted by Crippen LogP contribution is 2.19. The summed E-state index contributed by atoms with van der Waals surface area (Å²) >= 11 is 0. The lowest BCUT2D eigenvalue weighted by molar-refractivity contribution is 0.466. The van der Waals surface area contributed by atoms with E-state index in [2.05, 4.69) is 24.4 Å². The van der Waals surface area contributed by atoms with Crippen LogP contribution in [0.15, 0.2) is 30.4 Å². The van der Waals surface area contributed by atoms with Crippen LogP contribution in [0.4, 0.5) is 4.39 Å². The minimum atomic E-state index is -0.115. The summed E-state index contributed by atoms with van der Waals surface area (Å²) in [6.45, 7) is 3.88. The predicted molar refractivity (Wildman–Crippen MR) is 69.5 cm³/mol. The van der Waals surface area contributed by atoms with E-state index in [1.54, 1.807) is 13.0 Å². The third-order valence-electron chi connectivity index (χ3n) is 3.41. The van der Waals surface area contributed by atoms with Crippen molar-refractivity contribution in [3.63, 3.8) is 0 Å². The standard InChI is InChI=1S/C15H20FN/c1-11-8-9-13(10-15(11)16)12(2)17-14-6-4-3-5-7-14/h4,6,8-10,12,14,17H,3,5,7H2,1-2H3. The van der Waals surface area contributed by atoms with Gasteiger partial charge in [0.2, 0.25) is 0 Å². The summed E-state index contributed by atoms with van der Waals surface area (Å²) in [6, 6.07) is 6.11. The Kier molecular flexibility index (Phi) is 3.95. The Morgan fingerprint density at radius 3 is 2.88 bits per heavy atom. The SMILES string of the molecule is Cc1ccc(C(C)NC2C=CCCC2)cc1F. The minimum absolute atomic E-state index is 0.115. The first-order chi connectivity index (χ1) is 8.16. The fraction of sp³-hybridized carbons (Fsp3) is 0.467. The smallest absolute Gasteiger partial charge is 0.126 e. The van der Waals surface area contributed by atoms with Crippen LogP contribution >= 0.6 is 0 Å². The van der Waals surface area contributed by atoms with Gasteiger partial charge in [0.25, 0.3) is 0 Å². The molecule has 0 saturated carbocycles. The van der Waals surface area contributed by atoms with E-state index in [0.29, 0.717) is 11.6 Å². The topological polar surface area (TPSA) is 12.0 Å². The number of hydrogen-bond donors (Lipinski definition) is 1. The van der Waals surface area contributed by atoms with Crippen LogP contribution in [-0.2, 0) is 0 Å². The zero-order chi connectivity index (χ0) is 12.3. The highest BCUT2D eigenvalue weighted by Gasteiger charge is 2.13. The highest BCUT2D eigenvalue weighted by atomic mass is 19.1. The number of nitrogens with one attached hydrogen (secondary N) is 1. The Hall–Kier alpha value is -1.15. The number of hydrogen-bond acceptors (Lipinski definition) is 1. The molecule has 17 heavy (non-hydrogen) atoms. The molecule has 0 aliphatic heterocycles. The van der Waals surface area contributed by atoms with E-state index < -0.39 is 0 Å². The fourth-order valence-electron chi connectivity index (χ4n) is 2.25. The van der Waals surface area contributed by atoms with Crippen LogP contribution < -0.4 is 5.32 Å². The van der Waals surface area contributed by atoms with E-state index in [4.69, 9.17) is 0 Å². The van der Waals surface area contributed by atoms with E-state index in [1.165, 1.54) is 19.3 Å². The largest absolute Gasteiger partial charge is 0.304 e. The fourth-order valence-corrected chi connectivity index (χ4v) is 2.25. The average molecular weight is 233 g/mol. The Labute approximate surface area is 103 Å². The van der Waals surface area contributed by atoms with Crippen LogP contribution in [0, 0.1) is 12.7 Å². The lowest BCUT2D eigenvalue weighted by Gasteiger charge is -2.23. The van der Waals surface area contributed by atoms with Crippen molar-refractivity contribution in [2.24, 2.45) is 0 Å². The normalized spacial score (nSPS) is 21.5.